The first kappa shape index (κ1) is 17.0. The van der Waals surface area contributed by atoms with Crippen LogP contribution in [0.5, 0.6) is 5.75 Å². The Kier molecular flexibility index (Phi) is 5.70. The van der Waals surface area contributed by atoms with Crippen molar-refractivity contribution in [2.75, 3.05) is 6.61 Å². The van der Waals surface area contributed by atoms with E-state index in [0.717, 1.165) is 11.6 Å². The summed E-state index contributed by atoms with van der Waals surface area (Å²) in [6, 6.07) is 10.9. The molecule has 0 radical (unpaired) electrons. The van der Waals surface area contributed by atoms with Crippen LogP contribution in [0.3, 0.4) is 0 Å². The molecule has 23 heavy (non-hydrogen) atoms. The molecule has 0 aliphatic carbocycles. The van der Waals surface area contributed by atoms with E-state index in [1.165, 1.54) is 12.1 Å². The number of para-hydroxylation sites is 1. The lowest BCUT2D eigenvalue weighted by atomic mass is 10.2. The maximum absolute atomic E-state index is 13.1. The van der Waals surface area contributed by atoms with Crippen LogP contribution in [0.25, 0.3) is 0 Å². The van der Waals surface area contributed by atoms with E-state index in [1.807, 2.05) is 19.1 Å². The van der Waals surface area contributed by atoms with Gasteiger partial charge in [0.05, 0.1) is 5.56 Å². The summed E-state index contributed by atoms with van der Waals surface area (Å²) in [5.74, 6) is -1.14. The number of rotatable bonds is 4. The first-order chi connectivity index (χ1) is 11.0. The van der Waals surface area contributed by atoms with Crippen LogP contribution in [0.4, 0.5) is 4.39 Å². The third-order valence-corrected chi connectivity index (χ3v) is 3.63. The molecule has 0 saturated carbocycles. The first-order valence-electron chi connectivity index (χ1n) is 6.70. The van der Waals surface area contributed by atoms with E-state index in [4.69, 9.17) is 4.74 Å². The van der Waals surface area contributed by atoms with Crippen molar-refractivity contribution in [3.8, 4) is 5.75 Å². The highest BCUT2D eigenvalue weighted by Gasteiger charge is 2.12. The zero-order valence-corrected chi connectivity index (χ0v) is 13.8. The predicted molar refractivity (Wildman–Crippen MR) is 86.4 cm³/mol. The van der Waals surface area contributed by atoms with Gasteiger partial charge in [-0.1, -0.05) is 18.2 Å². The predicted octanol–water partition coefficient (Wildman–Crippen LogP) is 2.74. The molecule has 0 bridgehead atoms. The zero-order valence-electron chi connectivity index (χ0n) is 12.2. The summed E-state index contributed by atoms with van der Waals surface area (Å²) < 4.78 is 18.9. The monoisotopic (exact) mass is 380 g/mol. The Balaban J connectivity index is 1.86. The summed E-state index contributed by atoms with van der Waals surface area (Å²) >= 11 is 3.14. The minimum atomic E-state index is -0.638. The van der Waals surface area contributed by atoms with Gasteiger partial charge in [0.2, 0.25) is 0 Å². The number of nitrogens with one attached hydrogen (secondary N) is 2. The number of ether oxygens (including phenoxy) is 1. The lowest BCUT2D eigenvalue weighted by Gasteiger charge is -2.10. The molecule has 120 valence electrons. The van der Waals surface area contributed by atoms with Gasteiger partial charge < -0.3 is 4.74 Å². The number of carbonyl (C=O) groups is 2. The molecule has 2 amide bonds. The maximum atomic E-state index is 13.1. The second-order valence-corrected chi connectivity index (χ2v) is 5.53. The molecule has 0 fully saturated rings. The number of amides is 2. The number of hydrazine groups is 1. The largest absolute Gasteiger partial charge is 0.483 e. The standard InChI is InChI=1S/C16H14BrFN2O3/c1-10-4-2-3-5-14(10)23-9-15(21)19-20-16(22)12-8-11(18)6-7-13(12)17/h2-8H,9H2,1H3,(H,19,21)(H,20,22). The van der Waals surface area contributed by atoms with Crippen molar-refractivity contribution in [2.45, 2.75) is 6.92 Å². The fourth-order valence-electron chi connectivity index (χ4n) is 1.76. The third kappa shape index (κ3) is 4.79. The Labute approximate surface area is 140 Å². The van der Waals surface area contributed by atoms with Crippen LogP contribution < -0.4 is 15.6 Å². The number of carbonyl (C=O) groups excluding carboxylic acids is 2. The van der Waals surface area contributed by atoms with Crippen LogP contribution in [-0.2, 0) is 4.79 Å². The van der Waals surface area contributed by atoms with Crippen molar-refractivity contribution in [2.24, 2.45) is 0 Å². The highest BCUT2D eigenvalue weighted by Crippen LogP contribution is 2.17. The van der Waals surface area contributed by atoms with Crippen LogP contribution in [-0.4, -0.2) is 18.4 Å². The molecule has 0 heterocycles. The molecule has 0 spiro atoms. The van der Waals surface area contributed by atoms with Gasteiger partial charge in [0.15, 0.2) is 6.61 Å². The fourth-order valence-corrected chi connectivity index (χ4v) is 2.19. The summed E-state index contributed by atoms with van der Waals surface area (Å²) in [5.41, 5.74) is 5.38. The average molecular weight is 381 g/mol. The summed E-state index contributed by atoms with van der Waals surface area (Å²) in [4.78, 5) is 23.6. The Bertz CT molecular complexity index is 737. The molecular formula is C16H14BrFN2O3. The van der Waals surface area contributed by atoms with E-state index in [1.54, 1.807) is 12.1 Å². The van der Waals surface area contributed by atoms with Gasteiger partial charge >= 0.3 is 0 Å². The molecule has 2 aromatic carbocycles. The van der Waals surface area contributed by atoms with Crippen molar-refractivity contribution >= 4 is 27.7 Å². The molecule has 0 unspecified atom stereocenters. The zero-order chi connectivity index (χ0) is 16.8. The average Bonchev–Trinajstić information content (AvgIpc) is 2.54. The molecule has 5 nitrogen and oxygen atoms in total. The van der Waals surface area contributed by atoms with Gasteiger partial charge in [-0.05, 0) is 52.7 Å². The van der Waals surface area contributed by atoms with E-state index in [2.05, 4.69) is 26.8 Å². The van der Waals surface area contributed by atoms with E-state index in [-0.39, 0.29) is 12.2 Å². The third-order valence-electron chi connectivity index (χ3n) is 2.94. The van der Waals surface area contributed by atoms with Crippen molar-refractivity contribution in [3.05, 3.63) is 63.9 Å². The minimum absolute atomic E-state index is 0.0742. The molecule has 7 heteroatoms. The van der Waals surface area contributed by atoms with E-state index >= 15 is 0 Å². The Morgan fingerprint density at radius 3 is 2.65 bits per heavy atom. The fraction of sp³-hybridized carbons (Fsp3) is 0.125. The van der Waals surface area contributed by atoms with E-state index < -0.39 is 17.6 Å². The Morgan fingerprint density at radius 2 is 1.91 bits per heavy atom. The van der Waals surface area contributed by atoms with Gasteiger partial charge in [-0.2, -0.15) is 0 Å². The minimum Gasteiger partial charge on any atom is -0.483 e. The summed E-state index contributed by atoms with van der Waals surface area (Å²) in [7, 11) is 0. The van der Waals surface area contributed by atoms with Crippen LogP contribution in [0.2, 0.25) is 0 Å². The maximum Gasteiger partial charge on any atom is 0.276 e. The molecule has 2 rings (SSSR count). The molecule has 0 aliphatic heterocycles. The lowest BCUT2D eigenvalue weighted by molar-refractivity contribution is -0.123. The van der Waals surface area contributed by atoms with Crippen molar-refractivity contribution in [1.82, 2.24) is 10.9 Å². The summed E-state index contributed by atoms with van der Waals surface area (Å²) in [5, 5.41) is 0. The molecule has 2 N–H and O–H groups in total. The van der Waals surface area contributed by atoms with Gasteiger partial charge in [0, 0.05) is 4.47 Å². The van der Waals surface area contributed by atoms with Gasteiger partial charge in [0.25, 0.3) is 11.8 Å². The van der Waals surface area contributed by atoms with Crippen LogP contribution in [0.1, 0.15) is 15.9 Å². The number of aryl methyl sites for hydroxylation is 1. The summed E-state index contributed by atoms with van der Waals surface area (Å²) in [6.45, 7) is 1.60. The SMILES string of the molecule is Cc1ccccc1OCC(=O)NNC(=O)c1cc(F)ccc1Br. The quantitative estimate of drug-likeness (QED) is 0.801. The highest BCUT2D eigenvalue weighted by molar-refractivity contribution is 9.10. The van der Waals surface area contributed by atoms with Gasteiger partial charge in [0.1, 0.15) is 11.6 Å². The summed E-state index contributed by atoms with van der Waals surface area (Å²) in [6.07, 6.45) is 0. The van der Waals surface area contributed by atoms with Crippen molar-refractivity contribution in [3.63, 3.8) is 0 Å². The number of benzene rings is 2. The number of hydrogen-bond donors (Lipinski definition) is 2. The molecule has 2 aromatic rings. The van der Waals surface area contributed by atoms with Crippen molar-refractivity contribution in [1.29, 1.82) is 0 Å². The van der Waals surface area contributed by atoms with Crippen LogP contribution >= 0.6 is 15.9 Å². The molecule has 0 atom stereocenters. The number of halogens is 2. The second kappa shape index (κ2) is 7.73. The lowest BCUT2D eigenvalue weighted by Crippen LogP contribution is -2.44. The molecule has 0 aromatic heterocycles. The topological polar surface area (TPSA) is 67.4 Å². The highest BCUT2D eigenvalue weighted by atomic mass is 79.9. The van der Waals surface area contributed by atoms with Gasteiger partial charge in [-0.25, -0.2) is 4.39 Å². The van der Waals surface area contributed by atoms with Crippen molar-refractivity contribution < 1.29 is 18.7 Å². The Morgan fingerprint density at radius 1 is 1.17 bits per heavy atom. The van der Waals surface area contributed by atoms with Gasteiger partial charge in [-0.3, -0.25) is 20.4 Å². The Hall–Kier alpha value is -2.41. The molecule has 0 aliphatic rings. The normalized spacial score (nSPS) is 10.0. The van der Waals surface area contributed by atoms with E-state index in [9.17, 15) is 14.0 Å². The first-order valence-corrected chi connectivity index (χ1v) is 7.49. The van der Waals surface area contributed by atoms with Crippen LogP contribution in [0, 0.1) is 12.7 Å². The van der Waals surface area contributed by atoms with Crippen LogP contribution in [0.15, 0.2) is 46.9 Å². The van der Waals surface area contributed by atoms with E-state index in [0.29, 0.717) is 10.2 Å². The van der Waals surface area contributed by atoms with Gasteiger partial charge in [-0.15, -0.1) is 0 Å². The second-order valence-electron chi connectivity index (χ2n) is 4.68. The number of hydrogen-bond acceptors (Lipinski definition) is 3. The smallest absolute Gasteiger partial charge is 0.276 e. The molecule has 0 saturated heterocycles. The molecular weight excluding hydrogens is 367 g/mol.